The fourth-order valence-electron chi connectivity index (χ4n) is 2.62. The molecule has 2 aromatic rings. The molecular weight excluding hydrogens is 224 g/mol. The number of anilines is 1. The van der Waals surface area contributed by atoms with Crippen molar-refractivity contribution >= 4 is 16.7 Å². The molecule has 0 saturated heterocycles. The van der Waals surface area contributed by atoms with E-state index in [9.17, 15) is 5.11 Å². The molecule has 3 nitrogen and oxygen atoms in total. The molecule has 0 bridgehead atoms. The van der Waals surface area contributed by atoms with Gasteiger partial charge < -0.3 is 10.4 Å². The van der Waals surface area contributed by atoms with Crippen molar-refractivity contribution in [3.05, 3.63) is 36.4 Å². The van der Waals surface area contributed by atoms with Crippen LogP contribution < -0.4 is 5.32 Å². The Kier molecular flexibility index (Phi) is 3.15. The summed E-state index contributed by atoms with van der Waals surface area (Å²) in [6.45, 7) is 0. The van der Waals surface area contributed by atoms with Gasteiger partial charge in [-0.15, -0.1) is 0 Å². The smallest absolute Gasteiger partial charge is 0.126 e. The van der Waals surface area contributed by atoms with E-state index in [1.54, 1.807) is 0 Å². The van der Waals surface area contributed by atoms with Crippen molar-refractivity contribution in [3.63, 3.8) is 0 Å². The first-order valence-electron chi connectivity index (χ1n) is 6.63. The van der Waals surface area contributed by atoms with Crippen LogP contribution in [0.2, 0.25) is 0 Å². The van der Waals surface area contributed by atoms with Gasteiger partial charge in [-0.05, 0) is 31.0 Å². The first kappa shape index (κ1) is 11.5. The molecule has 94 valence electrons. The summed E-state index contributed by atoms with van der Waals surface area (Å²) in [5.74, 6) is 0.861. The number of aliphatic hydroxyl groups is 1. The highest BCUT2D eigenvalue weighted by atomic mass is 16.3. The van der Waals surface area contributed by atoms with Gasteiger partial charge >= 0.3 is 0 Å². The van der Waals surface area contributed by atoms with Crippen molar-refractivity contribution < 1.29 is 5.11 Å². The first-order valence-corrected chi connectivity index (χ1v) is 6.63. The van der Waals surface area contributed by atoms with Crippen LogP contribution in [0.1, 0.15) is 25.7 Å². The van der Waals surface area contributed by atoms with E-state index in [2.05, 4.69) is 22.4 Å². The summed E-state index contributed by atoms with van der Waals surface area (Å²) in [7, 11) is 0. The number of rotatable bonds is 2. The van der Waals surface area contributed by atoms with Crippen molar-refractivity contribution in [3.8, 4) is 0 Å². The summed E-state index contributed by atoms with van der Waals surface area (Å²) < 4.78 is 0. The van der Waals surface area contributed by atoms with Crippen molar-refractivity contribution in [1.82, 2.24) is 4.98 Å². The van der Waals surface area contributed by atoms with Crippen LogP contribution in [0, 0.1) is 0 Å². The Bertz CT molecular complexity index is 541. The summed E-state index contributed by atoms with van der Waals surface area (Å²) in [5, 5.41) is 14.5. The normalized spacial score (nSPS) is 24.1. The number of para-hydroxylation sites is 1. The summed E-state index contributed by atoms with van der Waals surface area (Å²) in [6.07, 6.45) is 3.99. The van der Waals surface area contributed by atoms with Gasteiger partial charge in [-0.3, -0.25) is 0 Å². The molecule has 1 aromatic heterocycles. The van der Waals surface area contributed by atoms with Crippen LogP contribution in [0.25, 0.3) is 10.9 Å². The second kappa shape index (κ2) is 4.94. The van der Waals surface area contributed by atoms with Gasteiger partial charge in [0.2, 0.25) is 0 Å². The van der Waals surface area contributed by atoms with Gasteiger partial charge in [0.1, 0.15) is 5.82 Å². The highest BCUT2D eigenvalue weighted by molar-refractivity contribution is 5.80. The fraction of sp³-hybridized carbons (Fsp3) is 0.400. The van der Waals surface area contributed by atoms with Crippen LogP contribution in [0.4, 0.5) is 5.82 Å². The van der Waals surface area contributed by atoms with Crippen LogP contribution in [-0.2, 0) is 0 Å². The van der Waals surface area contributed by atoms with Crippen molar-refractivity contribution in [2.24, 2.45) is 0 Å². The van der Waals surface area contributed by atoms with Gasteiger partial charge in [-0.25, -0.2) is 4.98 Å². The minimum Gasteiger partial charge on any atom is -0.391 e. The quantitative estimate of drug-likeness (QED) is 0.851. The minimum absolute atomic E-state index is 0.146. The molecule has 2 N–H and O–H groups in total. The predicted octanol–water partition coefficient (Wildman–Crippen LogP) is 2.95. The topological polar surface area (TPSA) is 45.1 Å². The van der Waals surface area contributed by atoms with Crippen LogP contribution in [0.3, 0.4) is 0 Å². The Balaban J connectivity index is 1.81. The zero-order valence-electron chi connectivity index (χ0n) is 10.3. The van der Waals surface area contributed by atoms with Crippen LogP contribution >= 0.6 is 0 Å². The number of hydrogen-bond acceptors (Lipinski definition) is 3. The molecule has 0 aliphatic heterocycles. The molecule has 18 heavy (non-hydrogen) atoms. The Morgan fingerprint density at radius 2 is 1.89 bits per heavy atom. The fourth-order valence-corrected chi connectivity index (χ4v) is 2.62. The number of aromatic nitrogens is 1. The average molecular weight is 242 g/mol. The lowest BCUT2D eigenvalue weighted by atomic mass is 9.92. The number of aliphatic hydroxyl groups excluding tert-OH is 1. The van der Waals surface area contributed by atoms with E-state index in [-0.39, 0.29) is 12.1 Å². The molecule has 0 amide bonds. The number of pyridine rings is 1. The van der Waals surface area contributed by atoms with Gasteiger partial charge in [0, 0.05) is 5.39 Å². The van der Waals surface area contributed by atoms with Gasteiger partial charge in [0.25, 0.3) is 0 Å². The summed E-state index contributed by atoms with van der Waals surface area (Å²) in [6, 6.07) is 12.3. The molecule has 2 unspecified atom stereocenters. The van der Waals surface area contributed by atoms with Gasteiger partial charge in [0.05, 0.1) is 17.7 Å². The minimum atomic E-state index is -0.243. The molecule has 1 aliphatic carbocycles. The van der Waals surface area contributed by atoms with Gasteiger partial charge in [-0.1, -0.05) is 31.0 Å². The lowest BCUT2D eigenvalue weighted by Crippen LogP contribution is -2.36. The standard InChI is InChI=1S/C15H18N2O/c18-14-8-4-3-7-13(14)17-15-10-9-11-5-1-2-6-12(11)16-15/h1-2,5-6,9-10,13-14,18H,3-4,7-8H2,(H,16,17). The molecule has 0 spiro atoms. The van der Waals surface area contributed by atoms with E-state index in [0.717, 1.165) is 36.0 Å². The molecular formula is C15H18N2O. The Labute approximate surface area is 107 Å². The largest absolute Gasteiger partial charge is 0.391 e. The molecule has 1 saturated carbocycles. The lowest BCUT2D eigenvalue weighted by molar-refractivity contribution is 0.116. The Morgan fingerprint density at radius 1 is 1.06 bits per heavy atom. The zero-order chi connectivity index (χ0) is 12.4. The van der Waals surface area contributed by atoms with Gasteiger partial charge in [0.15, 0.2) is 0 Å². The third-order valence-electron chi connectivity index (χ3n) is 3.66. The van der Waals surface area contributed by atoms with Crippen LogP contribution in [0.5, 0.6) is 0 Å². The summed E-state index contributed by atoms with van der Waals surface area (Å²) in [4.78, 5) is 4.58. The maximum absolute atomic E-state index is 9.95. The average Bonchev–Trinajstić information content (AvgIpc) is 2.41. The lowest BCUT2D eigenvalue weighted by Gasteiger charge is -2.28. The number of nitrogens with zero attached hydrogens (tertiary/aromatic N) is 1. The third-order valence-corrected chi connectivity index (χ3v) is 3.66. The van der Waals surface area contributed by atoms with E-state index >= 15 is 0 Å². The SMILES string of the molecule is OC1CCCCC1Nc1ccc2ccccc2n1. The number of hydrogen-bond donors (Lipinski definition) is 2. The molecule has 1 fully saturated rings. The second-order valence-corrected chi connectivity index (χ2v) is 4.99. The zero-order valence-corrected chi connectivity index (χ0v) is 10.3. The van der Waals surface area contributed by atoms with Crippen LogP contribution in [0.15, 0.2) is 36.4 Å². The highest BCUT2D eigenvalue weighted by Crippen LogP contribution is 2.22. The van der Waals surface area contributed by atoms with Crippen molar-refractivity contribution in [2.45, 2.75) is 37.8 Å². The summed E-state index contributed by atoms with van der Waals surface area (Å²) in [5.41, 5.74) is 0.993. The highest BCUT2D eigenvalue weighted by Gasteiger charge is 2.22. The van der Waals surface area contributed by atoms with Crippen molar-refractivity contribution in [2.75, 3.05) is 5.32 Å². The molecule has 1 aliphatic rings. The predicted molar refractivity (Wildman–Crippen MR) is 73.6 cm³/mol. The van der Waals surface area contributed by atoms with E-state index in [4.69, 9.17) is 0 Å². The number of benzene rings is 1. The van der Waals surface area contributed by atoms with E-state index in [1.165, 1.54) is 6.42 Å². The maximum Gasteiger partial charge on any atom is 0.126 e. The van der Waals surface area contributed by atoms with Crippen LogP contribution in [-0.4, -0.2) is 22.2 Å². The molecule has 3 heteroatoms. The Morgan fingerprint density at radius 3 is 2.78 bits per heavy atom. The van der Waals surface area contributed by atoms with E-state index in [0.29, 0.717) is 0 Å². The monoisotopic (exact) mass is 242 g/mol. The molecule has 3 rings (SSSR count). The van der Waals surface area contributed by atoms with E-state index < -0.39 is 0 Å². The third kappa shape index (κ3) is 2.31. The van der Waals surface area contributed by atoms with E-state index in [1.807, 2.05) is 24.3 Å². The second-order valence-electron chi connectivity index (χ2n) is 4.99. The van der Waals surface area contributed by atoms with Gasteiger partial charge in [-0.2, -0.15) is 0 Å². The molecule has 2 atom stereocenters. The molecule has 0 radical (unpaired) electrons. The Hall–Kier alpha value is -1.61. The van der Waals surface area contributed by atoms with Crippen molar-refractivity contribution in [1.29, 1.82) is 0 Å². The summed E-state index contributed by atoms with van der Waals surface area (Å²) >= 11 is 0. The first-order chi connectivity index (χ1) is 8.83. The number of nitrogens with one attached hydrogen (secondary N) is 1. The number of fused-ring (bicyclic) bond motifs is 1. The molecule has 1 aromatic carbocycles. The molecule has 1 heterocycles. The maximum atomic E-state index is 9.95.